The van der Waals surface area contributed by atoms with Crippen LogP contribution in [-0.2, 0) is 9.53 Å². The summed E-state index contributed by atoms with van der Waals surface area (Å²) in [6, 6.07) is 5.65. The molecule has 0 bridgehead atoms. The van der Waals surface area contributed by atoms with Crippen molar-refractivity contribution in [1.29, 1.82) is 5.26 Å². The Labute approximate surface area is 92.6 Å². The van der Waals surface area contributed by atoms with E-state index in [0.717, 1.165) is 9.75 Å². The zero-order valence-electron chi connectivity index (χ0n) is 8.61. The van der Waals surface area contributed by atoms with E-state index < -0.39 is 5.97 Å². The number of carbonyl (C=O) groups is 1. The lowest BCUT2D eigenvalue weighted by Gasteiger charge is -1.97. The smallest absolute Gasteiger partial charge is 0.348 e. The van der Waals surface area contributed by atoms with Crippen molar-refractivity contribution < 1.29 is 9.53 Å². The maximum Gasteiger partial charge on any atom is 0.348 e. The SMILES string of the molecule is CCOC(=O)/C(C#N)=C\c1ccc(C)s1. The zero-order chi connectivity index (χ0) is 11.3. The quantitative estimate of drug-likeness (QED) is 0.447. The fraction of sp³-hybridized carbons (Fsp3) is 0.273. The number of ether oxygens (including phenoxy) is 1. The van der Waals surface area contributed by atoms with E-state index in [-0.39, 0.29) is 12.2 Å². The number of thiophene rings is 1. The van der Waals surface area contributed by atoms with Crippen LogP contribution in [0, 0.1) is 18.3 Å². The van der Waals surface area contributed by atoms with Gasteiger partial charge in [0.2, 0.25) is 0 Å². The third-order valence-corrected chi connectivity index (χ3v) is 2.61. The van der Waals surface area contributed by atoms with Gasteiger partial charge >= 0.3 is 5.97 Å². The molecular formula is C11H11NO2S. The first-order chi connectivity index (χ1) is 7.17. The van der Waals surface area contributed by atoms with Crippen LogP contribution in [-0.4, -0.2) is 12.6 Å². The molecule has 0 radical (unpaired) electrons. The number of nitriles is 1. The van der Waals surface area contributed by atoms with Crippen LogP contribution < -0.4 is 0 Å². The van der Waals surface area contributed by atoms with Crippen LogP contribution in [0.3, 0.4) is 0 Å². The van der Waals surface area contributed by atoms with Crippen LogP contribution in [0.5, 0.6) is 0 Å². The summed E-state index contributed by atoms with van der Waals surface area (Å²) in [4.78, 5) is 13.3. The lowest BCUT2D eigenvalue weighted by molar-refractivity contribution is -0.137. The number of carbonyl (C=O) groups excluding carboxylic acids is 1. The number of aryl methyl sites for hydroxylation is 1. The van der Waals surface area contributed by atoms with Gasteiger partial charge in [-0.05, 0) is 32.1 Å². The molecule has 0 spiro atoms. The van der Waals surface area contributed by atoms with E-state index in [9.17, 15) is 4.79 Å². The molecule has 0 amide bonds. The second kappa shape index (κ2) is 5.32. The molecule has 0 fully saturated rings. The molecule has 0 aliphatic carbocycles. The third kappa shape index (κ3) is 3.22. The summed E-state index contributed by atoms with van der Waals surface area (Å²) in [5, 5.41) is 8.78. The van der Waals surface area contributed by atoms with Gasteiger partial charge in [-0.15, -0.1) is 11.3 Å². The molecule has 1 aromatic rings. The monoisotopic (exact) mass is 221 g/mol. The Morgan fingerprint density at radius 1 is 1.67 bits per heavy atom. The summed E-state index contributed by atoms with van der Waals surface area (Å²) >= 11 is 1.53. The molecule has 1 rings (SSSR count). The summed E-state index contributed by atoms with van der Waals surface area (Å²) in [7, 11) is 0. The van der Waals surface area contributed by atoms with Crippen molar-refractivity contribution in [2.45, 2.75) is 13.8 Å². The minimum atomic E-state index is -0.564. The standard InChI is InChI=1S/C11H11NO2S/c1-3-14-11(13)9(7-12)6-10-5-4-8(2)15-10/h4-6H,3H2,1-2H3/b9-6-. The Kier molecular flexibility index (Phi) is 4.07. The van der Waals surface area contributed by atoms with Crippen molar-refractivity contribution in [2.24, 2.45) is 0 Å². The predicted molar refractivity (Wildman–Crippen MR) is 59.3 cm³/mol. The van der Waals surface area contributed by atoms with Gasteiger partial charge in [-0.3, -0.25) is 0 Å². The molecule has 0 saturated carbocycles. The van der Waals surface area contributed by atoms with Gasteiger partial charge in [0.05, 0.1) is 6.61 Å². The van der Waals surface area contributed by atoms with E-state index in [2.05, 4.69) is 0 Å². The molecule has 0 aromatic carbocycles. The van der Waals surface area contributed by atoms with Crippen molar-refractivity contribution >= 4 is 23.4 Å². The molecular weight excluding hydrogens is 210 g/mol. The van der Waals surface area contributed by atoms with Gasteiger partial charge in [-0.25, -0.2) is 4.79 Å². The molecule has 0 unspecified atom stereocenters. The summed E-state index contributed by atoms with van der Waals surface area (Å²) in [5.41, 5.74) is 0.0405. The van der Waals surface area contributed by atoms with Crippen LogP contribution in [0.25, 0.3) is 6.08 Å². The van der Waals surface area contributed by atoms with Crippen molar-refractivity contribution in [3.8, 4) is 6.07 Å². The number of esters is 1. The Balaban J connectivity index is 2.88. The molecule has 4 heteroatoms. The summed E-state index contributed by atoms with van der Waals surface area (Å²) in [6.45, 7) is 3.96. The Morgan fingerprint density at radius 2 is 2.40 bits per heavy atom. The Bertz CT molecular complexity index is 426. The average Bonchev–Trinajstić information content (AvgIpc) is 2.61. The molecule has 0 aliphatic heterocycles. The molecule has 3 nitrogen and oxygen atoms in total. The summed E-state index contributed by atoms with van der Waals surface area (Å²) < 4.78 is 4.75. The van der Waals surface area contributed by atoms with E-state index in [1.807, 2.05) is 25.1 Å². The summed E-state index contributed by atoms with van der Waals surface area (Å²) in [5.74, 6) is -0.564. The highest BCUT2D eigenvalue weighted by atomic mass is 32.1. The normalized spacial score (nSPS) is 10.9. The van der Waals surface area contributed by atoms with E-state index >= 15 is 0 Å². The van der Waals surface area contributed by atoms with Gasteiger partial charge in [-0.1, -0.05) is 0 Å². The highest BCUT2D eigenvalue weighted by molar-refractivity contribution is 7.12. The summed E-state index contributed by atoms with van der Waals surface area (Å²) in [6.07, 6.45) is 1.55. The van der Waals surface area contributed by atoms with Gasteiger partial charge in [0, 0.05) is 9.75 Å². The van der Waals surface area contributed by atoms with Crippen molar-refractivity contribution in [2.75, 3.05) is 6.61 Å². The van der Waals surface area contributed by atoms with Gasteiger partial charge in [0.25, 0.3) is 0 Å². The maximum atomic E-state index is 11.3. The number of hydrogen-bond acceptors (Lipinski definition) is 4. The van der Waals surface area contributed by atoms with E-state index in [4.69, 9.17) is 10.00 Å². The van der Waals surface area contributed by atoms with Crippen LogP contribution in [0.2, 0.25) is 0 Å². The largest absolute Gasteiger partial charge is 0.462 e. The highest BCUT2D eigenvalue weighted by Crippen LogP contribution is 2.18. The van der Waals surface area contributed by atoms with Gasteiger partial charge in [0.15, 0.2) is 0 Å². The van der Waals surface area contributed by atoms with Crippen molar-refractivity contribution in [3.05, 3.63) is 27.5 Å². The van der Waals surface area contributed by atoms with E-state index in [1.165, 1.54) is 11.3 Å². The Morgan fingerprint density at radius 3 is 2.87 bits per heavy atom. The van der Waals surface area contributed by atoms with Crippen molar-refractivity contribution in [1.82, 2.24) is 0 Å². The molecule has 0 aliphatic rings. The second-order valence-corrected chi connectivity index (χ2v) is 4.16. The van der Waals surface area contributed by atoms with Crippen LogP contribution in [0.4, 0.5) is 0 Å². The first-order valence-corrected chi connectivity index (χ1v) is 5.34. The van der Waals surface area contributed by atoms with Crippen LogP contribution >= 0.6 is 11.3 Å². The number of rotatable bonds is 3. The minimum absolute atomic E-state index is 0.0405. The molecule has 15 heavy (non-hydrogen) atoms. The van der Waals surface area contributed by atoms with Gasteiger partial charge < -0.3 is 4.74 Å². The van der Waals surface area contributed by atoms with E-state index in [0.29, 0.717) is 0 Å². The molecule has 0 atom stereocenters. The predicted octanol–water partition coefficient (Wildman–Crippen LogP) is 2.53. The third-order valence-electron chi connectivity index (χ3n) is 1.66. The lowest BCUT2D eigenvalue weighted by Crippen LogP contribution is -2.05. The number of hydrogen-bond donors (Lipinski definition) is 0. The van der Waals surface area contributed by atoms with Crippen LogP contribution in [0.15, 0.2) is 17.7 Å². The van der Waals surface area contributed by atoms with Crippen LogP contribution in [0.1, 0.15) is 16.7 Å². The van der Waals surface area contributed by atoms with Gasteiger partial charge in [-0.2, -0.15) is 5.26 Å². The average molecular weight is 221 g/mol. The van der Waals surface area contributed by atoms with E-state index in [1.54, 1.807) is 13.0 Å². The second-order valence-electron chi connectivity index (χ2n) is 2.84. The lowest BCUT2D eigenvalue weighted by atomic mass is 10.2. The maximum absolute atomic E-state index is 11.3. The van der Waals surface area contributed by atoms with Crippen molar-refractivity contribution in [3.63, 3.8) is 0 Å². The minimum Gasteiger partial charge on any atom is -0.462 e. The molecule has 1 heterocycles. The zero-order valence-corrected chi connectivity index (χ0v) is 9.43. The fourth-order valence-corrected chi connectivity index (χ4v) is 1.84. The highest BCUT2D eigenvalue weighted by Gasteiger charge is 2.09. The topological polar surface area (TPSA) is 50.1 Å². The number of nitrogens with zero attached hydrogens (tertiary/aromatic N) is 1. The first kappa shape index (κ1) is 11.5. The fourth-order valence-electron chi connectivity index (χ4n) is 1.02. The first-order valence-electron chi connectivity index (χ1n) is 4.52. The molecule has 0 N–H and O–H groups in total. The van der Waals surface area contributed by atoms with Gasteiger partial charge in [0.1, 0.15) is 11.6 Å². The Hall–Kier alpha value is -1.60. The molecule has 0 saturated heterocycles. The molecule has 78 valence electrons. The molecule has 1 aromatic heterocycles.